The van der Waals surface area contributed by atoms with Crippen molar-refractivity contribution in [2.75, 3.05) is 36.8 Å². The molecule has 3 heterocycles. The molecule has 1 aromatic heterocycles. The summed E-state index contributed by atoms with van der Waals surface area (Å²) in [4.78, 5) is 18.3. The van der Waals surface area contributed by atoms with Crippen LogP contribution in [-0.4, -0.2) is 36.4 Å². The number of anilines is 1. The summed E-state index contributed by atoms with van der Waals surface area (Å²) >= 11 is 2.05. The molecule has 8 heteroatoms. The predicted molar refractivity (Wildman–Crippen MR) is 144 cm³/mol. The zero-order valence-corrected chi connectivity index (χ0v) is 21.2. The molecule has 188 valence electrons. The summed E-state index contributed by atoms with van der Waals surface area (Å²) in [6.45, 7) is 1.43. The summed E-state index contributed by atoms with van der Waals surface area (Å²) in [5.41, 5.74) is 7.05. The van der Waals surface area contributed by atoms with Gasteiger partial charge in [0.25, 0.3) is 5.56 Å². The highest BCUT2D eigenvalue weighted by molar-refractivity contribution is 7.99. The zero-order chi connectivity index (χ0) is 24.7. The second-order valence-corrected chi connectivity index (χ2v) is 10.1. The van der Waals surface area contributed by atoms with E-state index in [2.05, 4.69) is 29.9 Å². The van der Waals surface area contributed by atoms with Gasteiger partial charge in [0, 0.05) is 24.9 Å². The van der Waals surface area contributed by atoms with Crippen molar-refractivity contribution in [3.8, 4) is 5.75 Å². The Labute approximate surface area is 215 Å². The largest absolute Gasteiger partial charge is 0.491 e. The average molecular weight is 506 g/mol. The summed E-state index contributed by atoms with van der Waals surface area (Å²) in [6.07, 6.45) is 6.22. The van der Waals surface area contributed by atoms with Crippen LogP contribution in [-0.2, 0) is 16.1 Å². The summed E-state index contributed by atoms with van der Waals surface area (Å²) in [6, 6.07) is 19.8. The Morgan fingerprint density at radius 3 is 2.69 bits per heavy atom. The number of benzene rings is 2. The second-order valence-electron chi connectivity index (χ2n) is 8.91. The summed E-state index contributed by atoms with van der Waals surface area (Å²) < 4.78 is 12.4. The third-order valence-electron chi connectivity index (χ3n) is 6.44. The lowest BCUT2D eigenvalue weighted by molar-refractivity contribution is 0.146. The van der Waals surface area contributed by atoms with E-state index in [1.54, 1.807) is 28.8 Å². The lowest BCUT2D eigenvalue weighted by Gasteiger charge is -2.21. The molecular formula is C28H31N3O4S. The van der Waals surface area contributed by atoms with Crippen molar-refractivity contribution in [1.82, 2.24) is 10.2 Å². The van der Waals surface area contributed by atoms with E-state index < -0.39 is 0 Å². The number of nitrogens with one attached hydrogen (secondary N) is 1. The quantitative estimate of drug-likeness (QED) is 0.420. The van der Waals surface area contributed by atoms with Gasteiger partial charge in [-0.2, -0.15) is 11.8 Å². The molecule has 0 atom stereocenters. The van der Waals surface area contributed by atoms with Gasteiger partial charge in [0.15, 0.2) is 5.76 Å². The molecule has 1 N–H and O–H groups in total. The number of rotatable bonds is 9. The fourth-order valence-corrected chi connectivity index (χ4v) is 5.54. The summed E-state index contributed by atoms with van der Waals surface area (Å²) in [5, 5.41) is 1.78. The fraction of sp³-hybridized carbons (Fsp3) is 0.321. The minimum Gasteiger partial charge on any atom is -0.491 e. The van der Waals surface area contributed by atoms with Gasteiger partial charge in [-0.05, 0) is 59.6 Å². The van der Waals surface area contributed by atoms with Gasteiger partial charge in [-0.1, -0.05) is 42.0 Å². The molecule has 2 aliphatic rings. The molecule has 0 spiro atoms. The van der Waals surface area contributed by atoms with Crippen molar-refractivity contribution >= 4 is 23.2 Å². The Morgan fingerprint density at radius 2 is 1.89 bits per heavy atom. The molecule has 7 nitrogen and oxygen atoms in total. The molecular weight excluding hydrogens is 474 g/mol. The monoisotopic (exact) mass is 505 g/mol. The van der Waals surface area contributed by atoms with Crippen LogP contribution < -0.4 is 20.9 Å². The lowest BCUT2D eigenvalue weighted by Crippen LogP contribution is -2.29. The topological polar surface area (TPSA) is 65.0 Å². The molecule has 5 rings (SSSR count). The molecule has 0 aliphatic carbocycles. The third-order valence-corrected chi connectivity index (χ3v) is 7.49. The van der Waals surface area contributed by atoms with Gasteiger partial charge in [-0.3, -0.25) is 4.79 Å². The number of thioether (sulfide) groups is 1. The van der Waals surface area contributed by atoms with Crippen LogP contribution >= 0.6 is 11.8 Å². The molecule has 1 fully saturated rings. The minimum absolute atomic E-state index is 0.0783. The van der Waals surface area contributed by atoms with E-state index in [1.807, 2.05) is 48.4 Å². The predicted octanol–water partition coefficient (Wildman–Crippen LogP) is 4.79. The smallest absolute Gasteiger partial charge is 0.250 e. The van der Waals surface area contributed by atoms with E-state index in [4.69, 9.17) is 14.3 Å². The number of hydrogen-bond donors (Lipinski definition) is 1. The first-order chi connectivity index (χ1) is 17.7. The van der Waals surface area contributed by atoms with E-state index in [-0.39, 0.29) is 5.56 Å². The molecule has 0 radical (unpaired) electrons. The van der Waals surface area contributed by atoms with Crippen molar-refractivity contribution < 1.29 is 14.3 Å². The standard InChI is InChI=1S/C28H31N3O4S/c1-33-13-14-34-26-4-2-3-21(17-26)18-30-19-25(9-10-28(30)32)31-20-27(35-29-31)24-7-5-22(6-8-24)23-11-15-36-16-12-23/h2-10,17,19-20,23,29H,11-16,18H2,1H3. The van der Waals surface area contributed by atoms with Crippen LogP contribution in [0.2, 0.25) is 0 Å². The van der Waals surface area contributed by atoms with Gasteiger partial charge in [-0.15, -0.1) is 0 Å². The number of ether oxygens (including phenoxy) is 2. The molecule has 3 aromatic rings. The number of pyridine rings is 1. The Balaban J connectivity index is 1.28. The van der Waals surface area contributed by atoms with Gasteiger partial charge < -0.3 is 18.9 Å². The van der Waals surface area contributed by atoms with Crippen molar-refractivity contribution in [3.05, 3.63) is 100 Å². The second kappa shape index (κ2) is 11.7. The Bertz CT molecular complexity index is 1250. The van der Waals surface area contributed by atoms with Crippen LogP contribution in [0.4, 0.5) is 5.69 Å². The highest BCUT2D eigenvalue weighted by Gasteiger charge is 2.19. The Morgan fingerprint density at radius 1 is 1.06 bits per heavy atom. The molecule has 0 unspecified atom stereocenters. The van der Waals surface area contributed by atoms with Gasteiger partial charge >= 0.3 is 0 Å². The highest BCUT2D eigenvalue weighted by Crippen LogP contribution is 2.32. The summed E-state index contributed by atoms with van der Waals surface area (Å²) in [7, 11) is 1.64. The van der Waals surface area contributed by atoms with Gasteiger partial charge in [0.05, 0.1) is 25.0 Å². The Kier molecular flexibility index (Phi) is 7.95. The first-order valence-corrected chi connectivity index (χ1v) is 13.4. The van der Waals surface area contributed by atoms with E-state index in [0.717, 1.165) is 28.3 Å². The van der Waals surface area contributed by atoms with E-state index in [1.165, 1.54) is 29.9 Å². The highest BCUT2D eigenvalue weighted by atomic mass is 32.2. The number of nitrogens with zero attached hydrogens (tertiary/aromatic N) is 2. The van der Waals surface area contributed by atoms with Gasteiger partial charge in [0.1, 0.15) is 12.4 Å². The minimum atomic E-state index is -0.0783. The maximum Gasteiger partial charge on any atom is 0.250 e. The molecule has 2 aliphatic heterocycles. The lowest BCUT2D eigenvalue weighted by atomic mass is 9.93. The summed E-state index contributed by atoms with van der Waals surface area (Å²) in [5.74, 6) is 4.64. The molecule has 0 bridgehead atoms. The maximum absolute atomic E-state index is 12.6. The van der Waals surface area contributed by atoms with Gasteiger partial charge in [-0.25, -0.2) is 5.01 Å². The van der Waals surface area contributed by atoms with Crippen LogP contribution in [0, 0.1) is 0 Å². The van der Waals surface area contributed by atoms with Crippen molar-refractivity contribution in [2.24, 2.45) is 0 Å². The molecule has 36 heavy (non-hydrogen) atoms. The van der Waals surface area contributed by atoms with Crippen LogP contribution in [0.5, 0.6) is 5.75 Å². The van der Waals surface area contributed by atoms with Crippen molar-refractivity contribution in [2.45, 2.75) is 25.3 Å². The normalized spacial score (nSPS) is 16.0. The van der Waals surface area contributed by atoms with E-state index in [0.29, 0.717) is 25.7 Å². The SMILES string of the molecule is COCCOc1cccc(Cn2cc(N3C=C(c4ccc(C5CCSCC5)cc4)ON3)ccc2=O)c1. The van der Waals surface area contributed by atoms with Crippen LogP contribution in [0.25, 0.3) is 5.76 Å². The van der Waals surface area contributed by atoms with Crippen molar-refractivity contribution in [3.63, 3.8) is 0 Å². The van der Waals surface area contributed by atoms with Gasteiger partial charge in [0.2, 0.25) is 0 Å². The van der Waals surface area contributed by atoms with Crippen molar-refractivity contribution in [1.29, 1.82) is 0 Å². The molecule has 2 aromatic carbocycles. The average Bonchev–Trinajstić information content (AvgIpc) is 3.41. The van der Waals surface area contributed by atoms with Crippen LogP contribution in [0.3, 0.4) is 0 Å². The number of methoxy groups -OCH3 is 1. The number of hydrazine groups is 1. The number of hydrogen-bond acceptors (Lipinski definition) is 7. The Hall–Kier alpha value is -3.20. The maximum atomic E-state index is 12.6. The third kappa shape index (κ3) is 5.95. The molecule has 1 saturated heterocycles. The van der Waals surface area contributed by atoms with Crippen LogP contribution in [0.15, 0.2) is 77.9 Å². The molecule has 0 saturated carbocycles. The zero-order valence-electron chi connectivity index (χ0n) is 20.4. The van der Waals surface area contributed by atoms with E-state index >= 15 is 0 Å². The number of aromatic nitrogens is 1. The first-order valence-electron chi connectivity index (χ1n) is 12.2. The van der Waals surface area contributed by atoms with Crippen LogP contribution in [0.1, 0.15) is 35.4 Å². The molecule has 0 amide bonds. The first kappa shape index (κ1) is 24.5. The van der Waals surface area contributed by atoms with E-state index in [9.17, 15) is 4.79 Å². The fourth-order valence-electron chi connectivity index (χ4n) is 4.44.